The third-order valence-corrected chi connectivity index (χ3v) is 5.00. The molecule has 2 aromatic heterocycles. The van der Waals surface area contributed by atoms with Gasteiger partial charge in [0.1, 0.15) is 10.7 Å². The topological polar surface area (TPSA) is 109 Å². The minimum absolute atomic E-state index is 0.133. The van der Waals surface area contributed by atoms with Gasteiger partial charge in [0.05, 0.1) is 24.9 Å². The van der Waals surface area contributed by atoms with Gasteiger partial charge in [-0.05, 0) is 0 Å². The Kier molecular flexibility index (Phi) is 4.69. The largest absolute Gasteiger partial charge is 0.389 e. The van der Waals surface area contributed by atoms with Crippen molar-refractivity contribution in [2.24, 2.45) is 0 Å². The van der Waals surface area contributed by atoms with E-state index in [0.717, 1.165) is 16.3 Å². The first kappa shape index (κ1) is 17.4. The van der Waals surface area contributed by atoms with Gasteiger partial charge in [-0.15, -0.1) is 11.3 Å². The Morgan fingerprint density at radius 3 is 3.00 bits per heavy atom. The molecule has 9 heteroatoms. The summed E-state index contributed by atoms with van der Waals surface area (Å²) in [6, 6.07) is 11.2. The number of β-amino-alcohol motifs (C(OH)–C–C–N with tert-alkyl or cyclic N) is 1. The highest BCUT2D eigenvalue weighted by atomic mass is 32.1. The highest BCUT2D eigenvalue weighted by molar-refractivity contribution is 7.09. The molecule has 4 rings (SSSR count). The van der Waals surface area contributed by atoms with Gasteiger partial charge in [-0.3, -0.25) is 14.3 Å². The Hall–Kier alpha value is -3.04. The number of hydrogen-bond donors (Lipinski definition) is 3. The molecule has 8 nitrogen and oxygen atoms in total. The van der Waals surface area contributed by atoms with Crippen molar-refractivity contribution in [1.29, 1.82) is 0 Å². The SMILES string of the molecule is O=C(NCc1nc(-c2ccccc2)cs1)c1cc2n(n1)C[C@@H](O)CNC2=O. The number of amides is 2. The first-order valence-corrected chi connectivity index (χ1v) is 9.30. The van der Waals surface area contributed by atoms with Crippen LogP contribution in [-0.2, 0) is 13.1 Å². The highest BCUT2D eigenvalue weighted by Crippen LogP contribution is 2.21. The predicted octanol–water partition coefficient (Wildman–Crippen LogP) is 1.04. The zero-order chi connectivity index (χ0) is 18.8. The minimum Gasteiger partial charge on any atom is -0.389 e. The number of aromatic nitrogens is 3. The molecular weight excluding hydrogens is 366 g/mol. The molecule has 3 heterocycles. The number of rotatable bonds is 4. The molecular formula is C18H17N5O3S. The third-order valence-electron chi connectivity index (χ3n) is 4.15. The molecule has 1 aliphatic rings. The van der Waals surface area contributed by atoms with Crippen LogP contribution in [0.4, 0.5) is 0 Å². The quantitative estimate of drug-likeness (QED) is 0.624. The fourth-order valence-electron chi connectivity index (χ4n) is 2.79. The van der Waals surface area contributed by atoms with Crippen molar-refractivity contribution in [3.63, 3.8) is 0 Å². The van der Waals surface area contributed by atoms with Crippen molar-refractivity contribution in [2.75, 3.05) is 6.54 Å². The van der Waals surface area contributed by atoms with E-state index in [9.17, 15) is 14.7 Å². The second kappa shape index (κ2) is 7.29. The third kappa shape index (κ3) is 3.74. The van der Waals surface area contributed by atoms with E-state index in [1.54, 1.807) is 0 Å². The molecule has 3 aromatic rings. The first-order valence-electron chi connectivity index (χ1n) is 8.42. The minimum atomic E-state index is -0.738. The van der Waals surface area contributed by atoms with Gasteiger partial charge in [0.15, 0.2) is 5.69 Å². The molecule has 1 aromatic carbocycles. The average Bonchev–Trinajstić information content (AvgIpc) is 3.30. The van der Waals surface area contributed by atoms with Crippen LogP contribution < -0.4 is 10.6 Å². The number of carbonyl (C=O) groups is 2. The molecule has 27 heavy (non-hydrogen) atoms. The van der Waals surface area contributed by atoms with Crippen LogP contribution in [0.3, 0.4) is 0 Å². The number of nitrogens with zero attached hydrogens (tertiary/aromatic N) is 3. The average molecular weight is 383 g/mol. The molecule has 138 valence electrons. The van der Waals surface area contributed by atoms with E-state index in [1.165, 1.54) is 22.1 Å². The van der Waals surface area contributed by atoms with Crippen LogP contribution in [0, 0.1) is 0 Å². The normalized spacial score (nSPS) is 16.3. The van der Waals surface area contributed by atoms with Gasteiger partial charge in [0.25, 0.3) is 11.8 Å². The summed E-state index contributed by atoms with van der Waals surface area (Å²) in [5.41, 5.74) is 2.28. The van der Waals surface area contributed by atoms with E-state index in [4.69, 9.17) is 0 Å². The fraction of sp³-hybridized carbons (Fsp3) is 0.222. The van der Waals surface area contributed by atoms with Crippen LogP contribution in [0.5, 0.6) is 0 Å². The van der Waals surface area contributed by atoms with Crippen molar-refractivity contribution >= 4 is 23.2 Å². The lowest BCUT2D eigenvalue weighted by Gasteiger charge is -2.06. The molecule has 0 aliphatic carbocycles. The van der Waals surface area contributed by atoms with Crippen LogP contribution in [-0.4, -0.2) is 44.3 Å². The number of benzene rings is 1. The number of fused-ring (bicyclic) bond motifs is 1. The molecule has 0 fully saturated rings. The summed E-state index contributed by atoms with van der Waals surface area (Å²) >= 11 is 1.46. The second-order valence-corrected chi connectivity index (χ2v) is 7.08. The molecule has 0 unspecified atom stereocenters. The van der Waals surface area contributed by atoms with E-state index < -0.39 is 12.0 Å². The molecule has 0 spiro atoms. The Morgan fingerprint density at radius 1 is 1.37 bits per heavy atom. The summed E-state index contributed by atoms with van der Waals surface area (Å²) in [5.74, 6) is -0.750. The highest BCUT2D eigenvalue weighted by Gasteiger charge is 2.24. The lowest BCUT2D eigenvalue weighted by Crippen LogP contribution is -2.30. The zero-order valence-electron chi connectivity index (χ0n) is 14.3. The Bertz CT molecular complexity index is 982. The summed E-state index contributed by atoms with van der Waals surface area (Å²) in [7, 11) is 0. The number of aliphatic hydroxyl groups excluding tert-OH is 1. The number of nitrogens with one attached hydrogen (secondary N) is 2. The van der Waals surface area contributed by atoms with Crippen molar-refractivity contribution in [3.8, 4) is 11.3 Å². The monoisotopic (exact) mass is 383 g/mol. The maximum absolute atomic E-state index is 12.4. The van der Waals surface area contributed by atoms with E-state index in [2.05, 4.69) is 20.7 Å². The summed E-state index contributed by atoms with van der Waals surface area (Å²) in [6.45, 7) is 0.596. The van der Waals surface area contributed by atoms with Gasteiger partial charge in [-0.25, -0.2) is 4.98 Å². The molecule has 0 saturated carbocycles. The smallest absolute Gasteiger partial charge is 0.272 e. The molecule has 1 atom stereocenters. The molecule has 0 radical (unpaired) electrons. The number of carbonyl (C=O) groups excluding carboxylic acids is 2. The van der Waals surface area contributed by atoms with Crippen LogP contribution in [0.15, 0.2) is 41.8 Å². The summed E-state index contributed by atoms with van der Waals surface area (Å²) in [4.78, 5) is 28.9. The Labute approximate surface area is 158 Å². The molecule has 1 aliphatic heterocycles. The predicted molar refractivity (Wildman–Crippen MR) is 99.3 cm³/mol. The number of thiazole rings is 1. The van der Waals surface area contributed by atoms with Gasteiger partial charge < -0.3 is 15.7 Å². The van der Waals surface area contributed by atoms with E-state index in [0.29, 0.717) is 0 Å². The van der Waals surface area contributed by atoms with Crippen LogP contribution in [0.1, 0.15) is 26.0 Å². The zero-order valence-corrected chi connectivity index (χ0v) is 15.1. The Morgan fingerprint density at radius 2 is 2.19 bits per heavy atom. The maximum atomic E-state index is 12.4. The lowest BCUT2D eigenvalue weighted by atomic mass is 10.2. The van der Waals surface area contributed by atoms with Gasteiger partial charge >= 0.3 is 0 Å². The van der Waals surface area contributed by atoms with Crippen molar-refractivity contribution in [2.45, 2.75) is 19.2 Å². The number of hydrogen-bond acceptors (Lipinski definition) is 6. The summed E-state index contributed by atoms with van der Waals surface area (Å²) < 4.78 is 1.36. The molecule has 0 saturated heterocycles. The summed E-state index contributed by atoms with van der Waals surface area (Å²) in [6.07, 6.45) is -0.738. The van der Waals surface area contributed by atoms with E-state index in [-0.39, 0.29) is 36.9 Å². The summed E-state index contributed by atoms with van der Waals surface area (Å²) in [5, 5.41) is 22.0. The van der Waals surface area contributed by atoms with E-state index in [1.807, 2.05) is 35.7 Å². The van der Waals surface area contributed by atoms with Gasteiger partial charge in [0, 0.05) is 23.6 Å². The van der Waals surface area contributed by atoms with Crippen molar-refractivity contribution < 1.29 is 14.7 Å². The maximum Gasteiger partial charge on any atom is 0.272 e. The number of aliphatic hydroxyl groups is 1. The van der Waals surface area contributed by atoms with Gasteiger partial charge in [0.2, 0.25) is 0 Å². The standard InChI is InChI=1S/C18H17N5O3S/c24-12-7-19-18(26)15-6-13(22-23(15)9-12)17(25)20-8-16-21-14(10-27-16)11-4-2-1-3-5-11/h1-6,10,12,24H,7-9H2,(H,19,26)(H,20,25)/t12-/m0/s1. The Balaban J connectivity index is 1.43. The van der Waals surface area contributed by atoms with Crippen molar-refractivity contribution in [1.82, 2.24) is 25.4 Å². The van der Waals surface area contributed by atoms with E-state index >= 15 is 0 Å². The van der Waals surface area contributed by atoms with Gasteiger partial charge in [-0.2, -0.15) is 5.10 Å². The molecule has 2 amide bonds. The lowest BCUT2D eigenvalue weighted by molar-refractivity contribution is 0.0931. The van der Waals surface area contributed by atoms with Crippen molar-refractivity contribution in [3.05, 3.63) is 58.2 Å². The van der Waals surface area contributed by atoms with Crippen LogP contribution >= 0.6 is 11.3 Å². The molecule has 3 N–H and O–H groups in total. The van der Waals surface area contributed by atoms with Gasteiger partial charge in [-0.1, -0.05) is 30.3 Å². The van der Waals surface area contributed by atoms with Crippen LogP contribution in [0.25, 0.3) is 11.3 Å². The fourth-order valence-corrected chi connectivity index (χ4v) is 3.54. The molecule has 0 bridgehead atoms. The first-order chi connectivity index (χ1) is 13.1. The van der Waals surface area contributed by atoms with Crippen LogP contribution in [0.2, 0.25) is 0 Å². The second-order valence-electron chi connectivity index (χ2n) is 6.14.